The van der Waals surface area contributed by atoms with Crippen LogP contribution in [0.1, 0.15) is 54.9 Å². The van der Waals surface area contributed by atoms with E-state index in [0.29, 0.717) is 17.9 Å². The molecule has 0 spiro atoms. The maximum Gasteiger partial charge on any atom is 0.0968 e. The summed E-state index contributed by atoms with van der Waals surface area (Å²) in [5.41, 5.74) is 7.43. The highest BCUT2D eigenvalue weighted by Crippen LogP contribution is 2.15. The van der Waals surface area contributed by atoms with Crippen molar-refractivity contribution in [3.05, 3.63) is 23.9 Å². The van der Waals surface area contributed by atoms with Gasteiger partial charge in [0.25, 0.3) is 0 Å². The molecule has 0 rings (SSSR count). The molecule has 0 radical (unpaired) electrons. The Labute approximate surface area is 184 Å². The van der Waals surface area contributed by atoms with Crippen LogP contribution in [0.3, 0.4) is 0 Å². The average molecular weight is 507 g/mol. The van der Waals surface area contributed by atoms with E-state index in [1.54, 1.807) is 7.11 Å². The molecule has 6 heteroatoms. The number of hydrogen-bond acceptors (Lipinski definition) is 5. The third-order valence-corrected chi connectivity index (χ3v) is 7.68. The molecule has 0 heterocycles. The van der Waals surface area contributed by atoms with Gasteiger partial charge in [0.15, 0.2) is 0 Å². The number of nitrogens with two attached hydrogens (primary N) is 1. The largest absolute Gasteiger partial charge is 0.402 e. The van der Waals surface area contributed by atoms with E-state index in [9.17, 15) is 0 Å². The van der Waals surface area contributed by atoms with Gasteiger partial charge in [-0.15, -0.1) is 0 Å². The SMILES string of the molecule is CO[C@H](/C=C\[C@@H](C)N(C)I=C[C@@H](C)CCN[C@H](C)N=C(C)C=C(C)N)C(C)C. The third-order valence-electron chi connectivity index (χ3n) is 4.37. The molecule has 0 saturated carbocycles. The molecule has 0 amide bonds. The first-order chi connectivity index (χ1) is 13.1. The van der Waals surface area contributed by atoms with Crippen molar-refractivity contribution < 1.29 is 4.74 Å². The highest BCUT2D eigenvalue weighted by atomic mass is 127. The predicted molar refractivity (Wildman–Crippen MR) is 134 cm³/mol. The summed E-state index contributed by atoms with van der Waals surface area (Å²) in [5, 5.41) is 3.47. The number of aliphatic imine (C=N–C) groups is 1. The average Bonchev–Trinajstić information content (AvgIpc) is 2.58. The molecule has 0 unspecified atom stereocenters. The van der Waals surface area contributed by atoms with Crippen LogP contribution >= 0.6 is 21.0 Å². The maximum absolute atomic E-state index is 5.69. The van der Waals surface area contributed by atoms with Crippen molar-refractivity contribution in [3.8, 4) is 0 Å². The van der Waals surface area contributed by atoms with Gasteiger partial charge in [0, 0.05) is 24.6 Å². The van der Waals surface area contributed by atoms with Gasteiger partial charge < -0.3 is 10.5 Å². The van der Waals surface area contributed by atoms with Gasteiger partial charge in [0.1, 0.15) is 0 Å². The Morgan fingerprint density at radius 3 is 2.36 bits per heavy atom. The molecule has 0 aliphatic heterocycles. The van der Waals surface area contributed by atoms with Gasteiger partial charge >= 0.3 is 0 Å². The molecule has 0 aromatic carbocycles. The van der Waals surface area contributed by atoms with Gasteiger partial charge in [-0.3, -0.25) is 10.3 Å². The molecule has 0 saturated heterocycles. The first-order valence-corrected chi connectivity index (χ1v) is 12.4. The second-order valence-electron chi connectivity index (χ2n) is 7.87. The summed E-state index contributed by atoms with van der Waals surface area (Å²) in [5.74, 6) is 1.10. The summed E-state index contributed by atoms with van der Waals surface area (Å²) in [7, 11) is 4.00. The number of hydrogen-bond donors (Lipinski definition) is 2. The number of methoxy groups -OCH3 is 1. The number of nitrogens with zero attached hydrogens (tertiary/aromatic N) is 2. The van der Waals surface area contributed by atoms with E-state index in [1.165, 1.54) is 0 Å². The minimum absolute atomic E-state index is 0.0900. The van der Waals surface area contributed by atoms with Crippen LogP contribution in [-0.2, 0) is 4.74 Å². The lowest BCUT2D eigenvalue weighted by molar-refractivity contribution is 0.103. The normalized spacial score (nSPS) is 18.7. The van der Waals surface area contributed by atoms with Crippen molar-refractivity contribution in [2.45, 2.75) is 73.2 Å². The van der Waals surface area contributed by atoms with Crippen LogP contribution in [0.15, 0.2) is 28.9 Å². The van der Waals surface area contributed by atoms with Crippen LogP contribution < -0.4 is 11.1 Å². The molecule has 0 bridgehead atoms. The summed E-state index contributed by atoms with van der Waals surface area (Å²) in [6.45, 7) is 15.8. The Balaban J connectivity index is 4.36. The standard InChI is InChI=1S/C22H43IN4O/c1-16(2)22(28-9)11-10-20(6)27(8)23-15-17(3)12-13-25-21(7)26-19(5)14-18(4)24/h10-11,14-17,20-22,25H,12-13,24H2,1-9H3/b11-10-,18-14?,26-19?/t17-,20+,21-,22+/m0/s1. The van der Waals surface area contributed by atoms with Gasteiger partial charge in [-0.25, -0.2) is 3.11 Å². The summed E-state index contributed by atoms with van der Waals surface area (Å²) >= 11 is -0.0900. The van der Waals surface area contributed by atoms with E-state index >= 15 is 0 Å². The zero-order chi connectivity index (χ0) is 21.7. The fourth-order valence-electron chi connectivity index (χ4n) is 2.54. The second kappa shape index (κ2) is 15.3. The topological polar surface area (TPSA) is 62.9 Å². The van der Waals surface area contributed by atoms with Crippen LogP contribution in [0.5, 0.6) is 0 Å². The lowest BCUT2D eigenvalue weighted by Gasteiger charge is -2.20. The fourth-order valence-corrected chi connectivity index (χ4v) is 4.65. The molecule has 0 aliphatic rings. The number of halogens is 1. The molecular weight excluding hydrogens is 463 g/mol. The summed E-state index contributed by atoms with van der Waals surface area (Å²) in [6, 6.07) is 0.433. The van der Waals surface area contributed by atoms with Crippen LogP contribution in [0.4, 0.5) is 0 Å². The van der Waals surface area contributed by atoms with Gasteiger partial charge in [-0.05, 0) is 90.6 Å². The Kier molecular flexibility index (Phi) is 15.0. The van der Waals surface area contributed by atoms with Crippen molar-refractivity contribution in [2.24, 2.45) is 22.6 Å². The van der Waals surface area contributed by atoms with E-state index in [-0.39, 0.29) is 33.3 Å². The monoisotopic (exact) mass is 506 g/mol. The molecule has 5 nitrogen and oxygen atoms in total. The first-order valence-electron chi connectivity index (χ1n) is 10.2. The lowest BCUT2D eigenvalue weighted by atomic mass is 10.1. The Bertz CT molecular complexity index is 539. The molecular formula is C22H43IN4O. The third kappa shape index (κ3) is 13.6. The van der Waals surface area contributed by atoms with Crippen LogP contribution in [0.2, 0.25) is 0 Å². The molecule has 0 aliphatic carbocycles. The smallest absolute Gasteiger partial charge is 0.0968 e. The lowest BCUT2D eigenvalue weighted by Crippen LogP contribution is -2.27. The van der Waals surface area contributed by atoms with Crippen molar-refractivity contribution in [2.75, 3.05) is 20.7 Å². The number of rotatable bonds is 13. The zero-order valence-corrected chi connectivity index (χ0v) is 21.5. The van der Waals surface area contributed by atoms with Crippen molar-refractivity contribution in [1.29, 1.82) is 0 Å². The molecule has 0 aromatic heterocycles. The molecule has 4 atom stereocenters. The summed E-state index contributed by atoms with van der Waals surface area (Å²) in [4.78, 5) is 4.59. The Morgan fingerprint density at radius 2 is 1.82 bits per heavy atom. The highest BCUT2D eigenvalue weighted by molar-refractivity contribution is 14.2. The molecule has 28 heavy (non-hydrogen) atoms. The Morgan fingerprint density at radius 1 is 1.18 bits per heavy atom. The van der Waals surface area contributed by atoms with Gasteiger partial charge in [-0.1, -0.05) is 32.9 Å². The van der Waals surface area contributed by atoms with Crippen molar-refractivity contribution in [3.63, 3.8) is 0 Å². The fraction of sp³-hybridized carbons (Fsp3) is 0.727. The number of allylic oxidation sites excluding steroid dienone is 2. The molecule has 3 N–H and O–H groups in total. The minimum atomic E-state index is -0.0900. The van der Waals surface area contributed by atoms with Crippen LogP contribution in [0, 0.1) is 11.8 Å². The molecule has 0 aromatic rings. The van der Waals surface area contributed by atoms with E-state index in [1.807, 2.05) is 19.9 Å². The van der Waals surface area contributed by atoms with Gasteiger partial charge in [0.2, 0.25) is 0 Å². The van der Waals surface area contributed by atoms with Crippen molar-refractivity contribution in [1.82, 2.24) is 8.43 Å². The quantitative estimate of drug-likeness (QED) is 0.167. The van der Waals surface area contributed by atoms with Crippen LogP contribution in [-0.4, -0.2) is 51.9 Å². The van der Waals surface area contributed by atoms with Crippen molar-refractivity contribution >= 4 is 30.7 Å². The predicted octanol–water partition coefficient (Wildman–Crippen LogP) is 4.51. The highest BCUT2D eigenvalue weighted by Gasteiger charge is 2.10. The van der Waals surface area contributed by atoms with Gasteiger partial charge in [0.05, 0.1) is 12.3 Å². The van der Waals surface area contributed by atoms with E-state index in [0.717, 1.165) is 24.4 Å². The van der Waals surface area contributed by atoms with Crippen LogP contribution in [0.25, 0.3) is 0 Å². The number of likely N-dealkylation sites (N-methyl/N-ethyl adjacent to an activating group) is 1. The molecule has 0 fully saturated rings. The number of nitrogens with one attached hydrogen (secondary N) is 1. The minimum Gasteiger partial charge on any atom is -0.402 e. The van der Waals surface area contributed by atoms with E-state index in [4.69, 9.17) is 10.5 Å². The Hall–Kier alpha value is -0.570. The summed E-state index contributed by atoms with van der Waals surface area (Å²) in [6.07, 6.45) is 7.81. The maximum atomic E-state index is 5.69. The number of ether oxygens (including phenoxy) is 1. The van der Waals surface area contributed by atoms with Gasteiger partial charge in [-0.2, -0.15) is 0 Å². The van der Waals surface area contributed by atoms with E-state index < -0.39 is 0 Å². The molecule has 164 valence electrons. The van der Waals surface area contributed by atoms with E-state index in [2.05, 4.69) is 71.3 Å². The second-order valence-corrected chi connectivity index (χ2v) is 10.7. The first kappa shape index (κ1) is 27.4. The zero-order valence-electron chi connectivity index (χ0n) is 19.4. The summed E-state index contributed by atoms with van der Waals surface area (Å²) < 4.78 is 10.5.